The van der Waals surface area contributed by atoms with Crippen LogP contribution in [0.1, 0.15) is 11.1 Å². The Morgan fingerprint density at radius 1 is 1.00 bits per heavy atom. The van der Waals surface area contributed by atoms with Crippen molar-refractivity contribution in [1.29, 1.82) is 0 Å². The molecule has 0 unspecified atom stereocenters. The number of pyridine rings is 1. The highest BCUT2D eigenvalue weighted by molar-refractivity contribution is 6.30. The summed E-state index contributed by atoms with van der Waals surface area (Å²) in [6, 6.07) is 11.4. The first-order chi connectivity index (χ1) is 11.6. The maximum absolute atomic E-state index is 6.15. The van der Waals surface area contributed by atoms with Crippen molar-refractivity contribution in [3.63, 3.8) is 0 Å². The minimum atomic E-state index is 0.439. The lowest BCUT2D eigenvalue weighted by Gasteiger charge is -2.12. The van der Waals surface area contributed by atoms with Crippen LogP contribution < -0.4 is 16.4 Å². The van der Waals surface area contributed by atoms with E-state index in [1.165, 1.54) is 6.33 Å². The van der Waals surface area contributed by atoms with Gasteiger partial charge in [0.2, 0.25) is 0 Å². The number of halogens is 1. The zero-order valence-electron chi connectivity index (χ0n) is 13.1. The van der Waals surface area contributed by atoms with E-state index < -0.39 is 0 Å². The second kappa shape index (κ2) is 7.14. The van der Waals surface area contributed by atoms with Crippen molar-refractivity contribution in [2.75, 3.05) is 16.4 Å². The number of nitrogens with two attached hydrogens (primary N) is 1. The molecule has 0 aliphatic rings. The summed E-state index contributed by atoms with van der Waals surface area (Å²) in [5.74, 6) is 1.75. The summed E-state index contributed by atoms with van der Waals surface area (Å²) in [4.78, 5) is 12.7. The van der Waals surface area contributed by atoms with Crippen LogP contribution in [-0.2, 0) is 6.54 Å². The Hall–Kier alpha value is -2.86. The van der Waals surface area contributed by atoms with Gasteiger partial charge in [-0.25, -0.2) is 15.0 Å². The number of nitrogens with zero attached hydrogens (tertiary/aromatic N) is 3. The molecule has 0 atom stereocenters. The smallest absolute Gasteiger partial charge is 0.160 e. The van der Waals surface area contributed by atoms with Gasteiger partial charge in [-0.3, -0.25) is 0 Å². The SMILES string of the molecule is Cc1ccc(Nc2ncnc(NCc3ccc(Cl)cc3)c2N)nc1. The molecule has 3 aromatic rings. The first-order valence-corrected chi connectivity index (χ1v) is 7.78. The molecule has 2 heterocycles. The molecule has 0 saturated heterocycles. The molecule has 0 saturated carbocycles. The van der Waals surface area contributed by atoms with Crippen molar-refractivity contribution in [2.24, 2.45) is 0 Å². The Bertz CT molecular complexity index is 817. The number of anilines is 4. The van der Waals surface area contributed by atoms with Crippen molar-refractivity contribution in [1.82, 2.24) is 15.0 Å². The predicted octanol–water partition coefficient (Wildman–Crippen LogP) is 3.77. The molecule has 0 spiro atoms. The van der Waals surface area contributed by atoms with Crippen LogP contribution in [0.3, 0.4) is 0 Å². The van der Waals surface area contributed by atoms with E-state index in [9.17, 15) is 0 Å². The van der Waals surface area contributed by atoms with Gasteiger partial charge in [0.1, 0.15) is 17.8 Å². The van der Waals surface area contributed by atoms with E-state index in [0.29, 0.717) is 34.7 Å². The fourth-order valence-electron chi connectivity index (χ4n) is 2.09. The second-order valence-electron chi connectivity index (χ2n) is 5.31. The van der Waals surface area contributed by atoms with Crippen LogP contribution in [0.25, 0.3) is 0 Å². The Balaban J connectivity index is 1.72. The monoisotopic (exact) mass is 340 g/mol. The van der Waals surface area contributed by atoms with E-state index in [-0.39, 0.29) is 0 Å². The normalized spacial score (nSPS) is 10.4. The lowest BCUT2D eigenvalue weighted by Crippen LogP contribution is -2.08. The van der Waals surface area contributed by atoms with Crippen LogP contribution >= 0.6 is 11.6 Å². The largest absolute Gasteiger partial charge is 0.393 e. The van der Waals surface area contributed by atoms with Gasteiger partial charge in [0.25, 0.3) is 0 Å². The lowest BCUT2D eigenvalue weighted by molar-refractivity contribution is 1.08. The standard InChI is InChI=1S/C17H17ClN6/c1-11-2-7-14(20-8-11)24-17-15(19)16(22-10-23-17)21-9-12-3-5-13(18)6-4-12/h2-8,10H,9,19H2,1H3,(H2,20,21,22,23,24). The number of benzene rings is 1. The molecule has 1 aromatic carbocycles. The average molecular weight is 341 g/mol. The maximum atomic E-state index is 6.15. The fourth-order valence-corrected chi connectivity index (χ4v) is 2.21. The number of hydrogen-bond acceptors (Lipinski definition) is 6. The molecule has 122 valence electrons. The zero-order valence-corrected chi connectivity index (χ0v) is 13.9. The van der Waals surface area contributed by atoms with E-state index >= 15 is 0 Å². The summed E-state index contributed by atoms with van der Waals surface area (Å²) in [5, 5.41) is 7.01. The quantitative estimate of drug-likeness (QED) is 0.655. The number of nitrogens with one attached hydrogen (secondary N) is 2. The third-order valence-electron chi connectivity index (χ3n) is 3.41. The van der Waals surface area contributed by atoms with Crippen LogP contribution in [0.15, 0.2) is 48.9 Å². The number of nitrogen functional groups attached to an aromatic ring is 1. The van der Waals surface area contributed by atoms with Gasteiger partial charge in [0.15, 0.2) is 11.6 Å². The molecule has 0 radical (unpaired) electrons. The summed E-state index contributed by atoms with van der Waals surface area (Å²) in [7, 11) is 0. The van der Waals surface area contributed by atoms with E-state index in [0.717, 1.165) is 11.1 Å². The molecule has 0 fully saturated rings. The molecular formula is C17H17ClN6. The molecule has 2 aromatic heterocycles. The Morgan fingerprint density at radius 3 is 2.46 bits per heavy atom. The van der Waals surface area contributed by atoms with Gasteiger partial charge in [-0.05, 0) is 36.2 Å². The van der Waals surface area contributed by atoms with Crippen LogP contribution in [0.2, 0.25) is 5.02 Å². The minimum Gasteiger partial charge on any atom is -0.393 e. The summed E-state index contributed by atoms with van der Waals surface area (Å²) < 4.78 is 0. The zero-order chi connectivity index (χ0) is 16.9. The lowest BCUT2D eigenvalue weighted by atomic mass is 10.2. The van der Waals surface area contributed by atoms with Gasteiger partial charge in [-0.15, -0.1) is 0 Å². The topological polar surface area (TPSA) is 88.8 Å². The second-order valence-corrected chi connectivity index (χ2v) is 5.75. The summed E-state index contributed by atoms with van der Waals surface area (Å²) in [5.41, 5.74) is 8.75. The molecule has 0 aliphatic carbocycles. The Kier molecular flexibility index (Phi) is 4.77. The highest BCUT2D eigenvalue weighted by Crippen LogP contribution is 2.25. The molecule has 7 heteroatoms. The number of aromatic nitrogens is 3. The van der Waals surface area contributed by atoms with Crippen molar-refractivity contribution >= 4 is 34.7 Å². The predicted molar refractivity (Wildman–Crippen MR) is 97.5 cm³/mol. The fraction of sp³-hybridized carbons (Fsp3) is 0.118. The van der Waals surface area contributed by atoms with E-state index in [1.807, 2.05) is 43.3 Å². The summed E-state index contributed by atoms with van der Waals surface area (Å²) in [6.07, 6.45) is 3.23. The molecular weight excluding hydrogens is 324 g/mol. The molecule has 3 rings (SSSR count). The van der Waals surface area contributed by atoms with E-state index in [1.54, 1.807) is 6.20 Å². The minimum absolute atomic E-state index is 0.439. The third kappa shape index (κ3) is 3.91. The highest BCUT2D eigenvalue weighted by atomic mass is 35.5. The van der Waals surface area contributed by atoms with Crippen LogP contribution in [0, 0.1) is 6.92 Å². The summed E-state index contributed by atoms with van der Waals surface area (Å²) in [6.45, 7) is 2.56. The van der Waals surface area contributed by atoms with E-state index in [4.69, 9.17) is 17.3 Å². The molecule has 24 heavy (non-hydrogen) atoms. The molecule has 0 bridgehead atoms. The molecule has 0 aliphatic heterocycles. The Labute approximate surface area is 145 Å². The van der Waals surface area contributed by atoms with Crippen LogP contribution in [-0.4, -0.2) is 15.0 Å². The third-order valence-corrected chi connectivity index (χ3v) is 3.67. The average Bonchev–Trinajstić information content (AvgIpc) is 2.59. The number of rotatable bonds is 5. The first kappa shape index (κ1) is 16.0. The highest BCUT2D eigenvalue weighted by Gasteiger charge is 2.08. The van der Waals surface area contributed by atoms with Crippen LogP contribution in [0.5, 0.6) is 0 Å². The van der Waals surface area contributed by atoms with Gasteiger partial charge in [-0.1, -0.05) is 29.8 Å². The van der Waals surface area contributed by atoms with Gasteiger partial charge in [0.05, 0.1) is 0 Å². The number of hydrogen-bond donors (Lipinski definition) is 3. The van der Waals surface area contributed by atoms with Crippen molar-refractivity contribution in [3.8, 4) is 0 Å². The van der Waals surface area contributed by atoms with Gasteiger partial charge < -0.3 is 16.4 Å². The van der Waals surface area contributed by atoms with Crippen LogP contribution in [0.4, 0.5) is 23.1 Å². The van der Waals surface area contributed by atoms with Crippen molar-refractivity contribution in [3.05, 3.63) is 65.1 Å². The molecule has 6 nitrogen and oxygen atoms in total. The maximum Gasteiger partial charge on any atom is 0.160 e. The first-order valence-electron chi connectivity index (χ1n) is 7.40. The summed E-state index contributed by atoms with van der Waals surface area (Å²) >= 11 is 5.89. The molecule has 0 amide bonds. The van der Waals surface area contributed by atoms with Gasteiger partial charge >= 0.3 is 0 Å². The van der Waals surface area contributed by atoms with Crippen molar-refractivity contribution in [2.45, 2.75) is 13.5 Å². The van der Waals surface area contributed by atoms with Gasteiger partial charge in [-0.2, -0.15) is 0 Å². The van der Waals surface area contributed by atoms with Gasteiger partial charge in [0, 0.05) is 17.8 Å². The number of aryl methyl sites for hydroxylation is 1. The Morgan fingerprint density at radius 2 is 1.75 bits per heavy atom. The van der Waals surface area contributed by atoms with E-state index in [2.05, 4.69) is 25.6 Å². The molecule has 4 N–H and O–H groups in total. The van der Waals surface area contributed by atoms with Crippen molar-refractivity contribution < 1.29 is 0 Å².